The number of nitrogens with two attached hydrogens (primary N) is 1. The topological polar surface area (TPSA) is 48.0 Å². The lowest BCUT2D eigenvalue weighted by Gasteiger charge is -2.16. The molecule has 0 aliphatic heterocycles. The Morgan fingerprint density at radius 1 is 1.23 bits per heavy atom. The average Bonchev–Trinajstić information content (AvgIpc) is 2.78. The summed E-state index contributed by atoms with van der Waals surface area (Å²) in [4.78, 5) is 12.1. The fourth-order valence-corrected chi connectivity index (χ4v) is 3.27. The van der Waals surface area contributed by atoms with Gasteiger partial charge < -0.3 is 10.3 Å². The maximum absolute atomic E-state index is 12.1. The van der Waals surface area contributed by atoms with Gasteiger partial charge in [-0.2, -0.15) is 0 Å². The molecule has 3 nitrogen and oxygen atoms in total. The molecule has 0 saturated heterocycles. The van der Waals surface area contributed by atoms with E-state index in [1.54, 1.807) is 0 Å². The Balaban J connectivity index is 2.77. The Bertz CT molecular complexity index is 654. The van der Waals surface area contributed by atoms with Crippen molar-refractivity contribution >= 4 is 5.91 Å². The lowest BCUT2D eigenvalue weighted by molar-refractivity contribution is 0.1000. The number of primary amides is 1. The Morgan fingerprint density at radius 3 is 2.36 bits per heavy atom. The third-order valence-corrected chi connectivity index (χ3v) is 4.14. The molecule has 0 atom stereocenters. The molecule has 1 heterocycles. The van der Waals surface area contributed by atoms with Crippen LogP contribution in [0.15, 0.2) is 30.3 Å². The van der Waals surface area contributed by atoms with Crippen LogP contribution in [0.2, 0.25) is 0 Å². The van der Waals surface area contributed by atoms with Crippen LogP contribution in [0, 0.1) is 6.92 Å². The van der Waals surface area contributed by atoms with Crippen molar-refractivity contribution in [2.75, 3.05) is 0 Å². The lowest BCUT2D eigenvalue weighted by Crippen LogP contribution is -2.14. The lowest BCUT2D eigenvalue weighted by atomic mass is 9.97. The zero-order valence-electron chi connectivity index (χ0n) is 14.0. The molecule has 0 spiro atoms. The Labute approximate surface area is 133 Å². The van der Waals surface area contributed by atoms with Gasteiger partial charge >= 0.3 is 0 Å². The van der Waals surface area contributed by atoms with Gasteiger partial charge in [-0.1, -0.05) is 43.7 Å². The molecule has 0 aliphatic rings. The van der Waals surface area contributed by atoms with Crippen LogP contribution in [0.5, 0.6) is 0 Å². The van der Waals surface area contributed by atoms with E-state index < -0.39 is 0 Å². The summed E-state index contributed by atoms with van der Waals surface area (Å²) in [7, 11) is 0. The minimum Gasteiger partial charge on any atom is -0.366 e. The molecule has 0 radical (unpaired) electrons. The summed E-state index contributed by atoms with van der Waals surface area (Å²) >= 11 is 0. The second-order valence-corrected chi connectivity index (χ2v) is 6.08. The normalized spacial score (nSPS) is 11.1. The van der Waals surface area contributed by atoms with Gasteiger partial charge in [-0.25, -0.2) is 0 Å². The van der Waals surface area contributed by atoms with Crippen molar-refractivity contribution in [2.24, 2.45) is 5.73 Å². The van der Waals surface area contributed by atoms with Crippen molar-refractivity contribution in [3.05, 3.63) is 47.3 Å². The molecule has 2 rings (SSSR count). The molecule has 1 aromatic carbocycles. The molecule has 1 amide bonds. The van der Waals surface area contributed by atoms with Crippen LogP contribution in [-0.4, -0.2) is 10.5 Å². The van der Waals surface area contributed by atoms with Crippen molar-refractivity contribution < 1.29 is 4.79 Å². The van der Waals surface area contributed by atoms with Gasteiger partial charge in [0.15, 0.2) is 0 Å². The highest BCUT2D eigenvalue weighted by molar-refractivity contribution is 6.02. The minimum atomic E-state index is -0.339. The Hall–Kier alpha value is -2.03. The zero-order valence-corrected chi connectivity index (χ0v) is 14.0. The number of carbonyl (C=O) groups is 1. The van der Waals surface area contributed by atoms with Crippen LogP contribution >= 0.6 is 0 Å². The first kappa shape index (κ1) is 16.3. The number of hydrogen-bond acceptors (Lipinski definition) is 1. The van der Waals surface area contributed by atoms with Gasteiger partial charge in [0.2, 0.25) is 0 Å². The fourth-order valence-electron chi connectivity index (χ4n) is 3.27. The largest absolute Gasteiger partial charge is 0.366 e. The van der Waals surface area contributed by atoms with Gasteiger partial charge in [-0.3, -0.25) is 4.79 Å². The zero-order chi connectivity index (χ0) is 16.3. The van der Waals surface area contributed by atoms with Gasteiger partial charge in [-0.15, -0.1) is 0 Å². The van der Waals surface area contributed by atoms with Gasteiger partial charge in [0.05, 0.1) is 5.56 Å². The highest BCUT2D eigenvalue weighted by Gasteiger charge is 2.25. The van der Waals surface area contributed by atoms with E-state index in [-0.39, 0.29) is 5.91 Å². The maximum Gasteiger partial charge on any atom is 0.251 e. The predicted molar refractivity (Wildman–Crippen MR) is 92.1 cm³/mol. The van der Waals surface area contributed by atoms with Crippen LogP contribution in [0.3, 0.4) is 0 Å². The summed E-state index contributed by atoms with van der Waals surface area (Å²) in [6.45, 7) is 8.50. The van der Waals surface area contributed by atoms with Crippen molar-refractivity contribution in [3.8, 4) is 11.1 Å². The third-order valence-electron chi connectivity index (χ3n) is 4.14. The summed E-state index contributed by atoms with van der Waals surface area (Å²) in [6.07, 6.45) is 3.20. The van der Waals surface area contributed by atoms with Crippen LogP contribution in [0.25, 0.3) is 11.1 Å². The number of aromatic nitrogens is 1. The van der Waals surface area contributed by atoms with Gasteiger partial charge in [0.1, 0.15) is 0 Å². The summed E-state index contributed by atoms with van der Waals surface area (Å²) in [5.74, 6) is -0.339. The van der Waals surface area contributed by atoms with Crippen LogP contribution in [0.4, 0.5) is 0 Å². The molecule has 2 N–H and O–H groups in total. The van der Waals surface area contributed by atoms with Gasteiger partial charge in [0.25, 0.3) is 5.91 Å². The molecule has 2 aromatic rings. The number of nitrogens with zero attached hydrogens (tertiary/aromatic N) is 1. The highest BCUT2D eigenvalue weighted by atomic mass is 16.1. The average molecular weight is 298 g/mol. The molecule has 118 valence electrons. The monoisotopic (exact) mass is 298 g/mol. The van der Waals surface area contributed by atoms with Crippen LogP contribution < -0.4 is 5.73 Å². The third kappa shape index (κ3) is 2.94. The highest BCUT2D eigenvalue weighted by Crippen LogP contribution is 2.35. The Kier molecular flexibility index (Phi) is 5.07. The van der Waals surface area contributed by atoms with E-state index in [2.05, 4.69) is 37.5 Å². The van der Waals surface area contributed by atoms with E-state index >= 15 is 0 Å². The quantitative estimate of drug-likeness (QED) is 0.839. The number of amides is 1. The number of hydrogen-bond donors (Lipinski definition) is 1. The first-order valence-corrected chi connectivity index (χ1v) is 8.07. The number of rotatable bonds is 6. The SMILES string of the molecule is CCCCc1c(-c2ccccc2)c(C(N)=O)c(C)n1C(C)C. The van der Waals surface area contributed by atoms with E-state index in [1.807, 2.05) is 25.1 Å². The molecule has 1 aromatic heterocycles. The summed E-state index contributed by atoms with van der Waals surface area (Å²) < 4.78 is 2.28. The molecular weight excluding hydrogens is 272 g/mol. The maximum atomic E-state index is 12.1. The predicted octanol–water partition coefficient (Wildman–Crippen LogP) is 4.49. The first-order chi connectivity index (χ1) is 10.5. The van der Waals surface area contributed by atoms with E-state index in [4.69, 9.17) is 5.73 Å². The van der Waals surface area contributed by atoms with Gasteiger partial charge in [0, 0.05) is 23.0 Å². The van der Waals surface area contributed by atoms with E-state index in [9.17, 15) is 4.79 Å². The second-order valence-electron chi connectivity index (χ2n) is 6.08. The van der Waals surface area contributed by atoms with Crippen molar-refractivity contribution in [3.63, 3.8) is 0 Å². The first-order valence-electron chi connectivity index (χ1n) is 8.07. The number of carbonyl (C=O) groups excluding carboxylic acids is 1. The van der Waals surface area contributed by atoms with Crippen LogP contribution in [-0.2, 0) is 6.42 Å². The number of benzene rings is 1. The van der Waals surface area contributed by atoms with E-state index in [0.29, 0.717) is 11.6 Å². The molecule has 0 unspecified atom stereocenters. The van der Waals surface area contributed by atoms with Crippen molar-refractivity contribution in [1.82, 2.24) is 4.57 Å². The molecule has 3 heteroatoms. The summed E-state index contributed by atoms with van der Waals surface area (Å²) in [5.41, 5.74) is 10.7. The molecular formula is C19H26N2O. The van der Waals surface area contributed by atoms with Gasteiger partial charge in [-0.05, 0) is 39.2 Å². The smallest absolute Gasteiger partial charge is 0.251 e. The van der Waals surface area contributed by atoms with Crippen molar-refractivity contribution in [1.29, 1.82) is 0 Å². The number of unbranched alkanes of at least 4 members (excludes halogenated alkanes) is 1. The fraction of sp³-hybridized carbons (Fsp3) is 0.421. The second kappa shape index (κ2) is 6.82. The minimum absolute atomic E-state index is 0.308. The summed E-state index contributed by atoms with van der Waals surface area (Å²) in [6, 6.07) is 10.4. The molecule has 0 bridgehead atoms. The molecule has 0 fully saturated rings. The van der Waals surface area contributed by atoms with Crippen LogP contribution in [0.1, 0.15) is 61.4 Å². The van der Waals surface area contributed by atoms with E-state index in [0.717, 1.165) is 36.1 Å². The van der Waals surface area contributed by atoms with Crippen molar-refractivity contribution in [2.45, 2.75) is 53.0 Å². The molecule has 0 aliphatic carbocycles. The molecule has 0 saturated carbocycles. The molecule has 22 heavy (non-hydrogen) atoms. The standard InChI is InChI=1S/C19H26N2O/c1-5-6-12-16-18(15-10-8-7-9-11-15)17(19(20)22)14(4)21(16)13(2)3/h7-11,13H,5-6,12H2,1-4H3,(H2,20,22). The van der Waals surface area contributed by atoms with E-state index in [1.165, 1.54) is 5.69 Å². The summed E-state index contributed by atoms with van der Waals surface area (Å²) in [5, 5.41) is 0. The Morgan fingerprint density at radius 2 is 1.86 bits per heavy atom.